The van der Waals surface area contributed by atoms with Crippen LogP contribution in [0.5, 0.6) is 0 Å². The molecule has 2 aromatic heterocycles. The molecule has 10 heteroatoms. The summed E-state index contributed by atoms with van der Waals surface area (Å²) in [6, 6.07) is 10.9. The van der Waals surface area contributed by atoms with E-state index in [-0.39, 0.29) is 18.0 Å². The number of carbonyl (C=O) groups is 2. The summed E-state index contributed by atoms with van der Waals surface area (Å²) in [7, 11) is 0. The third-order valence-corrected chi connectivity index (χ3v) is 5.90. The van der Waals surface area contributed by atoms with E-state index in [9.17, 15) is 14.9 Å². The zero-order chi connectivity index (χ0) is 24.2. The van der Waals surface area contributed by atoms with Crippen molar-refractivity contribution in [2.24, 2.45) is 0 Å². The molecule has 34 heavy (non-hydrogen) atoms. The highest BCUT2D eigenvalue weighted by Gasteiger charge is 2.24. The molecule has 1 saturated heterocycles. The highest BCUT2D eigenvalue weighted by molar-refractivity contribution is 6.30. The van der Waals surface area contributed by atoms with Gasteiger partial charge in [0.1, 0.15) is 18.0 Å². The number of aromatic nitrogens is 3. The third-order valence-electron chi connectivity index (χ3n) is 5.64. The lowest BCUT2D eigenvalue weighted by Gasteiger charge is -2.32. The van der Waals surface area contributed by atoms with Crippen molar-refractivity contribution in [1.82, 2.24) is 14.8 Å². The van der Waals surface area contributed by atoms with Crippen molar-refractivity contribution in [3.63, 3.8) is 0 Å². The molecule has 3 aromatic rings. The monoisotopic (exact) mass is 478 g/mol. The summed E-state index contributed by atoms with van der Waals surface area (Å²) in [5.41, 5.74) is 2.64. The maximum atomic E-state index is 12.9. The zero-order valence-corrected chi connectivity index (χ0v) is 19.5. The SMILES string of the molecule is CC(=O)OC1CCN(c2ncc(NC(=O)c3cnn(-c4ccc(Cl)cc4)c3C)cc2C#N)CC1. The number of esters is 1. The van der Waals surface area contributed by atoms with Gasteiger partial charge in [-0.25, -0.2) is 9.67 Å². The lowest BCUT2D eigenvalue weighted by atomic mass is 10.1. The molecule has 1 amide bonds. The van der Waals surface area contributed by atoms with E-state index in [1.54, 1.807) is 29.8 Å². The molecule has 0 bridgehead atoms. The maximum Gasteiger partial charge on any atom is 0.302 e. The number of ether oxygens (including phenoxy) is 1. The van der Waals surface area contributed by atoms with Crippen LogP contribution in [0.3, 0.4) is 0 Å². The first-order valence-corrected chi connectivity index (χ1v) is 11.2. The van der Waals surface area contributed by atoms with Gasteiger partial charge in [-0.05, 0) is 37.3 Å². The summed E-state index contributed by atoms with van der Waals surface area (Å²) in [6.45, 7) is 4.44. The molecular weight excluding hydrogens is 456 g/mol. The summed E-state index contributed by atoms with van der Waals surface area (Å²) in [5, 5.41) is 17.4. The molecule has 1 fully saturated rings. The minimum Gasteiger partial charge on any atom is -0.462 e. The van der Waals surface area contributed by atoms with Gasteiger partial charge in [-0.15, -0.1) is 0 Å². The van der Waals surface area contributed by atoms with Crippen LogP contribution in [0.2, 0.25) is 5.02 Å². The first-order chi connectivity index (χ1) is 16.4. The number of carbonyl (C=O) groups excluding carboxylic acids is 2. The van der Waals surface area contributed by atoms with Crippen molar-refractivity contribution in [2.75, 3.05) is 23.3 Å². The number of hydrogen-bond donors (Lipinski definition) is 1. The van der Waals surface area contributed by atoms with Crippen molar-refractivity contribution in [3.8, 4) is 11.8 Å². The van der Waals surface area contributed by atoms with Crippen LogP contribution in [0.25, 0.3) is 5.69 Å². The van der Waals surface area contributed by atoms with Crippen LogP contribution in [-0.4, -0.2) is 45.8 Å². The van der Waals surface area contributed by atoms with E-state index < -0.39 is 0 Å². The number of anilines is 2. The summed E-state index contributed by atoms with van der Waals surface area (Å²) in [5.74, 6) is -0.0878. The Kier molecular flexibility index (Phi) is 6.80. The van der Waals surface area contributed by atoms with Crippen LogP contribution in [0.4, 0.5) is 11.5 Å². The fraction of sp³-hybridized carbons (Fsp3) is 0.292. The standard InChI is InChI=1S/C24H23ClN6O3/c1-15-22(14-28-31(15)20-5-3-18(25)4-6-20)24(33)29-19-11-17(12-26)23(27-13-19)30-9-7-21(8-10-30)34-16(2)32/h3-6,11,13-14,21H,7-10H2,1-2H3,(H,29,33). The highest BCUT2D eigenvalue weighted by atomic mass is 35.5. The number of amides is 1. The molecule has 3 heterocycles. The molecule has 1 N–H and O–H groups in total. The fourth-order valence-electron chi connectivity index (χ4n) is 3.95. The number of piperidine rings is 1. The van der Waals surface area contributed by atoms with Crippen LogP contribution in [0.15, 0.2) is 42.7 Å². The van der Waals surface area contributed by atoms with Crippen LogP contribution in [-0.2, 0) is 9.53 Å². The van der Waals surface area contributed by atoms with E-state index in [0.29, 0.717) is 59.3 Å². The Morgan fingerprint density at radius 3 is 2.56 bits per heavy atom. The summed E-state index contributed by atoms with van der Waals surface area (Å²) in [4.78, 5) is 30.5. The zero-order valence-electron chi connectivity index (χ0n) is 18.8. The van der Waals surface area contributed by atoms with E-state index >= 15 is 0 Å². The first-order valence-electron chi connectivity index (χ1n) is 10.8. The predicted octanol–water partition coefficient (Wildman–Crippen LogP) is 3.89. The van der Waals surface area contributed by atoms with Gasteiger partial charge < -0.3 is 15.0 Å². The number of rotatable bonds is 5. The van der Waals surface area contributed by atoms with Crippen molar-refractivity contribution < 1.29 is 14.3 Å². The first kappa shape index (κ1) is 23.3. The second kappa shape index (κ2) is 9.93. The van der Waals surface area contributed by atoms with Gasteiger partial charge in [-0.1, -0.05) is 11.6 Å². The van der Waals surface area contributed by atoms with E-state index in [2.05, 4.69) is 21.5 Å². The Labute approximate surface area is 201 Å². The lowest BCUT2D eigenvalue weighted by molar-refractivity contribution is -0.147. The summed E-state index contributed by atoms with van der Waals surface area (Å²) < 4.78 is 6.93. The van der Waals surface area contributed by atoms with Crippen LogP contribution in [0, 0.1) is 18.3 Å². The molecule has 0 spiro atoms. The molecule has 4 rings (SSSR count). The minimum atomic E-state index is -0.349. The smallest absolute Gasteiger partial charge is 0.302 e. The quantitative estimate of drug-likeness (QED) is 0.553. The maximum absolute atomic E-state index is 12.9. The fourth-order valence-corrected chi connectivity index (χ4v) is 4.08. The number of benzene rings is 1. The van der Waals surface area contributed by atoms with Gasteiger partial charge in [-0.2, -0.15) is 10.4 Å². The van der Waals surface area contributed by atoms with Crippen molar-refractivity contribution in [2.45, 2.75) is 32.8 Å². The molecule has 174 valence electrons. The molecule has 1 aliphatic heterocycles. The van der Waals surface area contributed by atoms with Crippen LogP contribution < -0.4 is 10.2 Å². The van der Waals surface area contributed by atoms with Crippen molar-refractivity contribution in [1.29, 1.82) is 5.26 Å². The van der Waals surface area contributed by atoms with Crippen molar-refractivity contribution in [3.05, 3.63) is 64.6 Å². The summed E-state index contributed by atoms with van der Waals surface area (Å²) >= 11 is 5.95. The van der Waals surface area contributed by atoms with Crippen LogP contribution in [0.1, 0.15) is 41.4 Å². The van der Waals surface area contributed by atoms with Gasteiger partial charge >= 0.3 is 5.97 Å². The Hall–Kier alpha value is -3.90. The number of nitriles is 1. The number of halogens is 1. The molecule has 0 saturated carbocycles. The molecule has 0 radical (unpaired) electrons. The van der Waals surface area contributed by atoms with Gasteiger partial charge in [0.05, 0.1) is 40.6 Å². The van der Waals surface area contributed by atoms with E-state index in [1.807, 2.05) is 17.0 Å². The second-order valence-electron chi connectivity index (χ2n) is 7.99. The predicted molar refractivity (Wildman–Crippen MR) is 127 cm³/mol. The molecule has 1 aliphatic rings. The molecule has 0 atom stereocenters. The van der Waals surface area contributed by atoms with Gasteiger partial charge in [0.15, 0.2) is 0 Å². The van der Waals surface area contributed by atoms with Gasteiger partial charge in [-0.3, -0.25) is 9.59 Å². The minimum absolute atomic E-state index is 0.116. The third kappa shape index (κ3) is 5.02. The molecule has 1 aromatic carbocycles. The van der Waals surface area contributed by atoms with E-state index in [1.165, 1.54) is 19.3 Å². The van der Waals surface area contributed by atoms with Crippen LogP contribution >= 0.6 is 11.6 Å². The Bertz CT molecular complexity index is 1260. The van der Waals surface area contributed by atoms with E-state index in [4.69, 9.17) is 16.3 Å². The number of nitrogens with one attached hydrogen (secondary N) is 1. The average Bonchev–Trinajstić information content (AvgIpc) is 3.21. The Morgan fingerprint density at radius 2 is 1.91 bits per heavy atom. The molecule has 0 aliphatic carbocycles. The molecule has 9 nitrogen and oxygen atoms in total. The second-order valence-corrected chi connectivity index (χ2v) is 8.43. The Balaban J connectivity index is 1.47. The molecular formula is C24H23ClN6O3. The van der Waals surface area contributed by atoms with Gasteiger partial charge in [0.25, 0.3) is 5.91 Å². The van der Waals surface area contributed by atoms with Gasteiger partial charge in [0.2, 0.25) is 0 Å². The summed E-state index contributed by atoms with van der Waals surface area (Å²) in [6.07, 6.45) is 4.25. The number of pyridine rings is 1. The van der Waals surface area contributed by atoms with E-state index in [0.717, 1.165) is 5.69 Å². The lowest BCUT2D eigenvalue weighted by Crippen LogP contribution is -2.38. The molecule has 0 unspecified atom stereocenters. The highest BCUT2D eigenvalue weighted by Crippen LogP contribution is 2.25. The normalized spacial score (nSPS) is 13.9. The largest absolute Gasteiger partial charge is 0.462 e. The van der Waals surface area contributed by atoms with Crippen molar-refractivity contribution >= 4 is 35.0 Å². The van der Waals surface area contributed by atoms with Gasteiger partial charge in [0, 0.05) is 37.9 Å². The number of nitrogens with zero attached hydrogens (tertiary/aromatic N) is 5. The number of hydrogen-bond acceptors (Lipinski definition) is 7. The Morgan fingerprint density at radius 1 is 1.21 bits per heavy atom. The average molecular weight is 479 g/mol. The topological polar surface area (TPSA) is 113 Å².